The van der Waals surface area contributed by atoms with E-state index < -0.39 is 0 Å². The number of benzene rings is 2. The van der Waals surface area contributed by atoms with Crippen LogP contribution in [0.3, 0.4) is 0 Å². The van der Waals surface area contributed by atoms with Crippen LogP contribution in [0.5, 0.6) is 0 Å². The van der Waals surface area contributed by atoms with Crippen LogP contribution in [-0.2, 0) is 15.9 Å². The van der Waals surface area contributed by atoms with Gasteiger partial charge < -0.3 is 9.47 Å². The molecular weight excluding hydrogens is 236 g/mol. The first-order valence-electron chi connectivity index (χ1n) is 6.78. The van der Waals surface area contributed by atoms with E-state index in [1.165, 1.54) is 11.1 Å². The van der Waals surface area contributed by atoms with Crippen molar-refractivity contribution in [3.8, 4) is 0 Å². The zero-order valence-corrected chi connectivity index (χ0v) is 10.9. The van der Waals surface area contributed by atoms with Gasteiger partial charge in [0.1, 0.15) is 6.10 Å². The van der Waals surface area contributed by atoms with E-state index in [1.807, 2.05) is 24.3 Å². The van der Waals surface area contributed by atoms with E-state index in [0.29, 0.717) is 6.61 Å². The molecule has 2 aromatic rings. The van der Waals surface area contributed by atoms with E-state index in [2.05, 4.69) is 36.4 Å². The van der Waals surface area contributed by atoms with Crippen molar-refractivity contribution in [2.24, 2.45) is 0 Å². The summed E-state index contributed by atoms with van der Waals surface area (Å²) in [4.78, 5) is 0. The Balaban J connectivity index is 1.52. The molecule has 0 N–H and O–H groups in total. The second-order valence-electron chi connectivity index (χ2n) is 4.82. The highest BCUT2D eigenvalue weighted by atomic mass is 16.7. The second kappa shape index (κ2) is 6.00. The third-order valence-electron chi connectivity index (χ3n) is 3.43. The van der Waals surface area contributed by atoms with Crippen LogP contribution in [0.1, 0.15) is 23.7 Å². The minimum atomic E-state index is -0.0783. The fraction of sp³-hybridized carbons (Fsp3) is 0.294. The molecule has 1 aliphatic heterocycles. The third kappa shape index (κ3) is 3.22. The Hall–Kier alpha value is -1.64. The topological polar surface area (TPSA) is 18.5 Å². The molecule has 1 fully saturated rings. The minimum absolute atomic E-state index is 0.0783. The van der Waals surface area contributed by atoms with Gasteiger partial charge in [-0.3, -0.25) is 0 Å². The molecule has 0 bridgehead atoms. The number of rotatable bonds is 4. The fourth-order valence-corrected chi connectivity index (χ4v) is 2.38. The van der Waals surface area contributed by atoms with Crippen LogP contribution in [0, 0.1) is 0 Å². The quantitative estimate of drug-likeness (QED) is 0.827. The zero-order valence-electron chi connectivity index (χ0n) is 10.9. The van der Waals surface area contributed by atoms with Gasteiger partial charge in [0.2, 0.25) is 0 Å². The maximum absolute atomic E-state index is 5.95. The average molecular weight is 254 g/mol. The lowest BCUT2D eigenvalue weighted by Gasteiger charge is -2.11. The molecule has 3 rings (SSSR count). The summed E-state index contributed by atoms with van der Waals surface area (Å²) in [7, 11) is 0. The summed E-state index contributed by atoms with van der Waals surface area (Å²) in [5.41, 5.74) is 2.53. The van der Waals surface area contributed by atoms with Crippen LogP contribution in [0.25, 0.3) is 0 Å². The lowest BCUT2D eigenvalue weighted by Crippen LogP contribution is -2.09. The Kier molecular flexibility index (Phi) is 3.92. The first-order chi connectivity index (χ1) is 9.42. The van der Waals surface area contributed by atoms with Crippen LogP contribution in [0.15, 0.2) is 60.7 Å². The van der Waals surface area contributed by atoms with E-state index in [4.69, 9.17) is 9.47 Å². The van der Waals surface area contributed by atoms with Crippen molar-refractivity contribution in [2.45, 2.75) is 25.2 Å². The van der Waals surface area contributed by atoms with E-state index in [9.17, 15) is 0 Å². The SMILES string of the molecule is c1ccc(CC[C@@H]2OC[C@H](c3ccccc3)O2)cc1. The molecule has 1 heterocycles. The van der Waals surface area contributed by atoms with Crippen molar-refractivity contribution < 1.29 is 9.47 Å². The summed E-state index contributed by atoms with van der Waals surface area (Å²) >= 11 is 0. The Morgan fingerprint density at radius 1 is 0.895 bits per heavy atom. The monoisotopic (exact) mass is 254 g/mol. The van der Waals surface area contributed by atoms with Crippen molar-refractivity contribution in [3.63, 3.8) is 0 Å². The molecule has 2 heteroatoms. The van der Waals surface area contributed by atoms with Crippen molar-refractivity contribution in [2.75, 3.05) is 6.61 Å². The molecule has 0 aliphatic carbocycles. The number of hydrogen-bond acceptors (Lipinski definition) is 2. The predicted octanol–water partition coefficient (Wildman–Crippen LogP) is 3.73. The zero-order chi connectivity index (χ0) is 12.9. The molecule has 0 aromatic heterocycles. The van der Waals surface area contributed by atoms with Gasteiger partial charge in [0, 0.05) is 6.42 Å². The minimum Gasteiger partial charge on any atom is -0.350 e. The molecule has 2 aromatic carbocycles. The molecule has 1 saturated heterocycles. The Morgan fingerprint density at radius 2 is 1.58 bits per heavy atom. The van der Waals surface area contributed by atoms with Gasteiger partial charge in [-0.05, 0) is 17.5 Å². The average Bonchev–Trinajstić information content (AvgIpc) is 2.96. The standard InChI is InChI=1S/C17H18O2/c1-3-7-14(8-4-1)11-12-17-18-13-16(19-17)15-9-5-2-6-10-15/h1-10,16-17H,11-13H2/t16-,17-/m1/s1. The smallest absolute Gasteiger partial charge is 0.158 e. The van der Waals surface area contributed by atoms with Crippen molar-refractivity contribution >= 4 is 0 Å². The summed E-state index contributed by atoms with van der Waals surface area (Å²) in [6.45, 7) is 0.656. The van der Waals surface area contributed by atoms with Crippen LogP contribution in [0.4, 0.5) is 0 Å². The van der Waals surface area contributed by atoms with Crippen molar-refractivity contribution in [1.29, 1.82) is 0 Å². The molecule has 0 amide bonds. The molecule has 0 saturated carbocycles. The van der Waals surface area contributed by atoms with Gasteiger partial charge in [-0.25, -0.2) is 0 Å². The van der Waals surface area contributed by atoms with Crippen LogP contribution in [-0.4, -0.2) is 12.9 Å². The van der Waals surface area contributed by atoms with Crippen molar-refractivity contribution in [1.82, 2.24) is 0 Å². The highest BCUT2D eigenvalue weighted by Crippen LogP contribution is 2.28. The summed E-state index contributed by atoms with van der Waals surface area (Å²) < 4.78 is 11.7. The van der Waals surface area contributed by atoms with E-state index >= 15 is 0 Å². The van der Waals surface area contributed by atoms with Gasteiger partial charge in [0.15, 0.2) is 6.29 Å². The maximum atomic E-state index is 5.95. The van der Waals surface area contributed by atoms with E-state index in [0.717, 1.165) is 12.8 Å². The molecule has 1 aliphatic rings. The molecule has 19 heavy (non-hydrogen) atoms. The lowest BCUT2D eigenvalue weighted by atomic mass is 10.1. The number of aryl methyl sites for hydroxylation is 1. The maximum Gasteiger partial charge on any atom is 0.158 e. The molecule has 98 valence electrons. The molecule has 0 radical (unpaired) electrons. The summed E-state index contributed by atoms with van der Waals surface area (Å²) in [5, 5.41) is 0. The highest BCUT2D eigenvalue weighted by molar-refractivity contribution is 5.18. The Morgan fingerprint density at radius 3 is 2.32 bits per heavy atom. The van der Waals surface area contributed by atoms with Gasteiger partial charge >= 0.3 is 0 Å². The second-order valence-corrected chi connectivity index (χ2v) is 4.82. The Labute approximate surface area is 114 Å². The van der Waals surface area contributed by atoms with E-state index in [1.54, 1.807) is 0 Å². The molecular formula is C17H18O2. The summed E-state index contributed by atoms with van der Waals surface area (Å²) in [5.74, 6) is 0. The Bertz CT molecular complexity index is 495. The van der Waals surface area contributed by atoms with Crippen LogP contribution >= 0.6 is 0 Å². The first-order valence-corrected chi connectivity index (χ1v) is 6.78. The summed E-state index contributed by atoms with van der Waals surface area (Å²) in [6.07, 6.45) is 1.91. The van der Waals surface area contributed by atoms with E-state index in [-0.39, 0.29) is 12.4 Å². The predicted molar refractivity (Wildman–Crippen MR) is 74.8 cm³/mol. The van der Waals surface area contributed by atoms with Gasteiger partial charge in [-0.1, -0.05) is 60.7 Å². The lowest BCUT2D eigenvalue weighted by molar-refractivity contribution is -0.0621. The van der Waals surface area contributed by atoms with Crippen LogP contribution in [0.2, 0.25) is 0 Å². The largest absolute Gasteiger partial charge is 0.350 e. The number of ether oxygens (including phenoxy) is 2. The molecule has 0 spiro atoms. The molecule has 2 nitrogen and oxygen atoms in total. The van der Waals surface area contributed by atoms with Gasteiger partial charge in [-0.15, -0.1) is 0 Å². The van der Waals surface area contributed by atoms with Gasteiger partial charge in [-0.2, -0.15) is 0 Å². The number of hydrogen-bond donors (Lipinski definition) is 0. The van der Waals surface area contributed by atoms with Gasteiger partial charge in [0.05, 0.1) is 6.61 Å². The third-order valence-corrected chi connectivity index (χ3v) is 3.43. The van der Waals surface area contributed by atoms with Crippen LogP contribution < -0.4 is 0 Å². The highest BCUT2D eigenvalue weighted by Gasteiger charge is 2.26. The molecule has 0 unspecified atom stereocenters. The normalized spacial score (nSPS) is 22.5. The van der Waals surface area contributed by atoms with Crippen molar-refractivity contribution in [3.05, 3.63) is 71.8 Å². The fourth-order valence-electron chi connectivity index (χ4n) is 2.38. The molecule has 2 atom stereocenters. The summed E-state index contributed by atoms with van der Waals surface area (Å²) in [6, 6.07) is 20.7. The first kappa shape index (κ1) is 12.4. The van der Waals surface area contributed by atoms with Gasteiger partial charge in [0.25, 0.3) is 0 Å².